The minimum Gasteiger partial charge on any atom is -0.392 e. The van der Waals surface area contributed by atoms with E-state index in [9.17, 15) is 18.3 Å². The van der Waals surface area contributed by atoms with Crippen molar-refractivity contribution in [3.8, 4) is 0 Å². The highest BCUT2D eigenvalue weighted by Gasteiger charge is 2.40. The highest BCUT2D eigenvalue weighted by Crippen LogP contribution is 2.32. The Morgan fingerprint density at radius 3 is 2.18 bits per heavy atom. The smallest absolute Gasteiger partial charge is 0.244 e. The minimum absolute atomic E-state index is 0.0429. The first-order valence-corrected chi connectivity index (χ1v) is 12.8. The predicted octanol–water partition coefficient (Wildman–Crippen LogP) is 3.54. The fraction of sp³-hybridized carbons (Fsp3) is 0.296. The van der Waals surface area contributed by atoms with E-state index in [0.717, 1.165) is 27.8 Å². The quantitative estimate of drug-likeness (QED) is 0.567. The number of carbonyl (C=O) groups is 1. The van der Waals surface area contributed by atoms with Gasteiger partial charge in [-0.05, 0) is 60.6 Å². The van der Waals surface area contributed by atoms with Crippen LogP contribution in [0, 0.1) is 20.8 Å². The van der Waals surface area contributed by atoms with E-state index in [2.05, 4.69) is 5.32 Å². The number of aryl methyl sites for hydroxylation is 3. The summed E-state index contributed by atoms with van der Waals surface area (Å²) < 4.78 is 29.2. The highest BCUT2D eigenvalue weighted by atomic mass is 32.2. The number of aliphatic hydroxyl groups is 1. The summed E-state index contributed by atoms with van der Waals surface area (Å²) in [5.74, 6) is -0.327. The molecule has 6 nitrogen and oxygen atoms in total. The SMILES string of the molecule is Cc1cc(C)c(S(=O)(=O)N2Cc3ccccc3CC2C(=O)NCc2ccc(CO)cc2)c(C)c1. The van der Waals surface area contributed by atoms with E-state index in [1.54, 1.807) is 26.0 Å². The van der Waals surface area contributed by atoms with Crippen molar-refractivity contribution in [1.29, 1.82) is 0 Å². The van der Waals surface area contributed by atoms with E-state index in [1.165, 1.54) is 4.31 Å². The summed E-state index contributed by atoms with van der Waals surface area (Å²) in [6.07, 6.45) is 0.314. The summed E-state index contributed by atoms with van der Waals surface area (Å²) in [4.78, 5) is 13.6. The molecule has 178 valence electrons. The van der Waals surface area contributed by atoms with Gasteiger partial charge in [0.05, 0.1) is 11.5 Å². The van der Waals surface area contributed by atoms with Gasteiger partial charge in [0.15, 0.2) is 0 Å². The van der Waals surface area contributed by atoms with Crippen LogP contribution in [0.25, 0.3) is 0 Å². The van der Waals surface area contributed by atoms with Crippen LogP contribution in [0.15, 0.2) is 65.6 Å². The number of nitrogens with one attached hydrogen (secondary N) is 1. The monoisotopic (exact) mass is 478 g/mol. The van der Waals surface area contributed by atoms with Crippen molar-refractivity contribution >= 4 is 15.9 Å². The molecule has 3 aromatic carbocycles. The van der Waals surface area contributed by atoms with Crippen molar-refractivity contribution in [2.45, 2.75) is 57.8 Å². The zero-order chi connectivity index (χ0) is 24.5. The normalized spacial score (nSPS) is 16.2. The van der Waals surface area contributed by atoms with Gasteiger partial charge in [0, 0.05) is 13.1 Å². The maximum absolute atomic E-state index is 13.9. The van der Waals surface area contributed by atoms with Crippen molar-refractivity contribution in [2.24, 2.45) is 0 Å². The summed E-state index contributed by atoms with van der Waals surface area (Å²) in [5.41, 5.74) is 5.93. The lowest BCUT2D eigenvalue weighted by atomic mass is 9.95. The summed E-state index contributed by atoms with van der Waals surface area (Å²) >= 11 is 0. The molecule has 3 aromatic rings. The maximum atomic E-state index is 13.9. The van der Waals surface area contributed by atoms with E-state index in [-0.39, 0.29) is 30.5 Å². The first kappa shape index (κ1) is 24.1. The molecule has 1 amide bonds. The highest BCUT2D eigenvalue weighted by molar-refractivity contribution is 7.89. The number of fused-ring (bicyclic) bond motifs is 1. The third-order valence-electron chi connectivity index (χ3n) is 6.35. The van der Waals surface area contributed by atoms with Gasteiger partial charge in [0.25, 0.3) is 0 Å². The Morgan fingerprint density at radius 2 is 1.56 bits per heavy atom. The average molecular weight is 479 g/mol. The molecule has 0 radical (unpaired) electrons. The lowest BCUT2D eigenvalue weighted by molar-refractivity contribution is -0.125. The van der Waals surface area contributed by atoms with Crippen LogP contribution >= 0.6 is 0 Å². The van der Waals surface area contributed by atoms with Gasteiger partial charge >= 0.3 is 0 Å². The van der Waals surface area contributed by atoms with Crippen LogP contribution < -0.4 is 5.32 Å². The summed E-state index contributed by atoms with van der Waals surface area (Å²) in [6.45, 7) is 5.93. The summed E-state index contributed by atoms with van der Waals surface area (Å²) in [7, 11) is -3.92. The van der Waals surface area contributed by atoms with Gasteiger partial charge in [-0.15, -0.1) is 0 Å². The molecule has 2 N–H and O–H groups in total. The Hall–Kier alpha value is -3.00. The van der Waals surface area contributed by atoms with Gasteiger partial charge in [-0.25, -0.2) is 8.42 Å². The molecule has 34 heavy (non-hydrogen) atoms. The van der Waals surface area contributed by atoms with E-state index in [0.29, 0.717) is 17.5 Å². The largest absolute Gasteiger partial charge is 0.392 e. The number of rotatable bonds is 6. The second-order valence-electron chi connectivity index (χ2n) is 8.96. The van der Waals surface area contributed by atoms with Crippen molar-refractivity contribution in [3.63, 3.8) is 0 Å². The molecular formula is C27H30N2O4S. The fourth-order valence-electron chi connectivity index (χ4n) is 4.74. The molecule has 7 heteroatoms. The van der Waals surface area contributed by atoms with Gasteiger partial charge in [-0.3, -0.25) is 4.79 Å². The Labute approximate surface area is 201 Å². The van der Waals surface area contributed by atoms with Crippen LogP contribution in [0.4, 0.5) is 0 Å². The second-order valence-corrected chi connectivity index (χ2v) is 10.8. The van der Waals surface area contributed by atoms with E-state index in [4.69, 9.17) is 0 Å². The average Bonchev–Trinajstić information content (AvgIpc) is 2.81. The van der Waals surface area contributed by atoms with Gasteiger partial charge in [0.1, 0.15) is 6.04 Å². The van der Waals surface area contributed by atoms with Crippen LogP contribution in [0.3, 0.4) is 0 Å². The van der Waals surface area contributed by atoms with Crippen LogP contribution in [0.2, 0.25) is 0 Å². The molecule has 0 saturated carbocycles. The molecule has 1 aliphatic rings. The molecular weight excluding hydrogens is 448 g/mol. The first-order valence-electron chi connectivity index (χ1n) is 11.3. The maximum Gasteiger partial charge on any atom is 0.244 e. The van der Waals surface area contributed by atoms with Crippen LogP contribution in [-0.4, -0.2) is 29.8 Å². The van der Waals surface area contributed by atoms with Gasteiger partial charge < -0.3 is 10.4 Å². The number of nitrogens with zero attached hydrogens (tertiary/aromatic N) is 1. The van der Waals surface area contributed by atoms with Crippen molar-refractivity contribution < 1.29 is 18.3 Å². The molecule has 0 aromatic heterocycles. The molecule has 1 atom stereocenters. The zero-order valence-electron chi connectivity index (χ0n) is 19.7. The van der Waals surface area contributed by atoms with Gasteiger partial charge in [-0.2, -0.15) is 4.31 Å². The number of hydrogen-bond acceptors (Lipinski definition) is 4. The van der Waals surface area contributed by atoms with Crippen LogP contribution in [0.5, 0.6) is 0 Å². The fourth-order valence-corrected chi connectivity index (χ4v) is 6.72. The minimum atomic E-state index is -3.92. The van der Waals surface area contributed by atoms with Crippen LogP contribution in [-0.2, 0) is 40.9 Å². The number of benzene rings is 3. The number of aliphatic hydroxyl groups excluding tert-OH is 1. The first-order chi connectivity index (χ1) is 16.2. The van der Waals surface area contributed by atoms with E-state index < -0.39 is 16.1 Å². The zero-order valence-corrected chi connectivity index (χ0v) is 20.5. The van der Waals surface area contributed by atoms with Gasteiger partial charge in [-0.1, -0.05) is 66.2 Å². The molecule has 1 unspecified atom stereocenters. The van der Waals surface area contributed by atoms with Crippen molar-refractivity contribution in [1.82, 2.24) is 9.62 Å². The molecule has 0 bridgehead atoms. The summed E-state index contributed by atoms with van der Waals surface area (Å²) in [6, 6.07) is 17.8. The number of amides is 1. The van der Waals surface area contributed by atoms with Crippen LogP contribution in [0.1, 0.15) is 38.9 Å². The third kappa shape index (κ3) is 4.78. The van der Waals surface area contributed by atoms with Crippen molar-refractivity contribution in [2.75, 3.05) is 0 Å². The topological polar surface area (TPSA) is 86.7 Å². The van der Waals surface area contributed by atoms with E-state index in [1.807, 2.05) is 55.5 Å². The Kier molecular flexibility index (Phi) is 6.89. The second kappa shape index (κ2) is 9.70. The molecule has 1 heterocycles. The number of carbonyl (C=O) groups excluding carboxylic acids is 1. The molecule has 0 aliphatic carbocycles. The third-order valence-corrected chi connectivity index (χ3v) is 8.51. The number of sulfonamides is 1. The number of hydrogen-bond donors (Lipinski definition) is 2. The summed E-state index contributed by atoms with van der Waals surface area (Å²) in [5, 5.41) is 12.1. The molecule has 0 saturated heterocycles. The van der Waals surface area contributed by atoms with Gasteiger partial charge in [0.2, 0.25) is 15.9 Å². The predicted molar refractivity (Wildman–Crippen MR) is 132 cm³/mol. The standard InChI is InChI=1S/C27H30N2O4S/c1-18-12-19(2)26(20(3)13-18)34(32,33)29-16-24-7-5-4-6-23(24)14-25(29)27(31)28-15-21-8-10-22(17-30)11-9-21/h4-13,25,30H,14-17H2,1-3H3,(H,28,31). The Morgan fingerprint density at radius 1 is 0.971 bits per heavy atom. The molecule has 0 fully saturated rings. The Balaban J connectivity index is 1.66. The van der Waals surface area contributed by atoms with Crippen molar-refractivity contribution in [3.05, 3.63) is 99.6 Å². The molecule has 1 aliphatic heterocycles. The lowest BCUT2D eigenvalue weighted by Crippen LogP contribution is -2.52. The lowest BCUT2D eigenvalue weighted by Gasteiger charge is -2.35. The van der Waals surface area contributed by atoms with E-state index >= 15 is 0 Å². The molecule has 4 rings (SSSR count). The molecule has 0 spiro atoms. The Bertz CT molecular complexity index is 1290.